The molecule has 0 atom stereocenters. The average Bonchev–Trinajstić information content (AvgIpc) is 2.58. The number of nitrogens with zero attached hydrogens (tertiary/aromatic N) is 1. The van der Waals surface area contributed by atoms with E-state index in [9.17, 15) is 4.79 Å². The van der Waals surface area contributed by atoms with E-state index in [4.69, 9.17) is 5.73 Å². The number of nitrogens with two attached hydrogens (primary N) is 1. The zero-order valence-electron chi connectivity index (χ0n) is 11.3. The molecule has 0 radical (unpaired) electrons. The van der Waals surface area contributed by atoms with Crippen molar-refractivity contribution in [2.75, 3.05) is 23.7 Å². The number of amides is 1. The van der Waals surface area contributed by atoms with Crippen molar-refractivity contribution in [1.82, 2.24) is 5.32 Å². The van der Waals surface area contributed by atoms with E-state index < -0.39 is 0 Å². The molecule has 1 amide bonds. The first-order valence-electron chi connectivity index (χ1n) is 6.29. The molecule has 1 aromatic rings. The number of hydrogen-bond acceptors (Lipinski definition) is 3. The summed E-state index contributed by atoms with van der Waals surface area (Å²) in [6.45, 7) is 7.24. The van der Waals surface area contributed by atoms with Gasteiger partial charge in [-0.25, -0.2) is 0 Å². The normalized spacial score (nSPS) is 14.5. The number of carbonyl (C=O) groups is 1. The van der Waals surface area contributed by atoms with Gasteiger partial charge in [0.2, 0.25) is 5.91 Å². The number of carbonyl (C=O) groups excluding carboxylic acids is 1. The van der Waals surface area contributed by atoms with Gasteiger partial charge in [-0.2, -0.15) is 0 Å². The molecule has 3 N–H and O–H groups in total. The molecule has 0 spiro atoms. The highest BCUT2D eigenvalue weighted by Crippen LogP contribution is 2.29. The molecule has 1 aromatic carbocycles. The zero-order valence-corrected chi connectivity index (χ0v) is 11.3. The average molecular weight is 247 g/mol. The molecule has 4 heteroatoms. The van der Waals surface area contributed by atoms with Gasteiger partial charge in [-0.3, -0.25) is 4.79 Å². The van der Waals surface area contributed by atoms with Crippen LogP contribution in [0, 0.1) is 0 Å². The summed E-state index contributed by atoms with van der Waals surface area (Å²) in [5.74, 6) is 0.0535. The van der Waals surface area contributed by atoms with Crippen molar-refractivity contribution in [3.8, 4) is 0 Å². The summed E-state index contributed by atoms with van der Waals surface area (Å²) in [7, 11) is 0. The lowest BCUT2D eigenvalue weighted by molar-refractivity contribution is -0.121. The van der Waals surface area contributed by atoms with Crippen molar-refractivity contribution in [3.05, 3.63) is 23.8 Å². The van der Waals surface area contributed by atoms with Crippen LogP contribution in [0.1, 0.15) is 26.3 Å². The van der Waals surface area contributed by atoms with Crippen LogP contribution < -0.4 is 16.0 Å². The van der Waals surface area contributed by atoms with Crippen molar-refractivity contribution in [3.63, 3.8) is 0 Å². The molecule has 98 valence electrons. The van der Waals surface area contributed by atoms with Gasteiger partial charge in [0.15, 0.2) is 0 Å². The molecule has 18 heavy (non-hydrogen) atoms. The number of anilines is 2. The first kappa shape index (κ1) is 12.7. The minimum atomic E-state index is -0.185. The number of nitrogens with one attached hydrogen (secondary N) is 1. The van der Waals surface area contributed by atoms with Gasteiger partial charge in [0.1, 0.15) is 0 Å². The summed E-state index contributed by atoms with van der Waals surface area (Å²) < 4.78 is 0. The molecule has 0 fully saturated rings. The van der Waals surface area contributed by atoms with Crippen molar-refractivity contribution in [2.45, 2.75) is 32.7 Å². The Balaban J connectivity index is 2.06. The molecule has 0 bridgehead atoms. The predicted molar refractivity (Wildman–Crippen MR) is 74.7 cm³/mol. The monoisotopic (exact) mass is 247 g/mol. The third-order valence-electron chi connectivity index (χ3n) is 2.95. The summed E-state index contributed by atoms with van der Waals surface area (Å²) in [5.41, 5.74) is 8.73. The molecule has 1 aliphatic heterocycles. The van der Waals surface area contributed by atoms with E-state index in [0.29, 0.717) is 6.54 Å². The van der Waals surface area contributed by atoms with Crippen LogP contribution in [0.2, 0.25) is 0 Å². The lowest BCUT2D eigenvalue weighted by Gasteiger charge is -2.24. The van der Waals surface area contributed by atoms with Crippen LogP contribution in [-0.2, 0) is 11.2 Å². The molecular formula is C14H21N3O. The van der Waals surface area contributed by atoms with Gasteiger partial charge < -0.3 is 16.0 Å². The van der Waals surface area contributed by atoms with Gasteiger partial charge in [0.05, 0.1) is 6.54 Å². The largest absolute Gasteiger partial charge is 0.399 e. The highest BCUT2D eigenvalue weighted by atomic mass is 16.2. The van der Waals surface area contributed by atoms with Crippen molar-refractivity contribution in [2.24, 2.45) is 0 Å². The number of hydrogen-bond donors (Lipinski definition) is 2. The van der Waals surface area contributed by atoms with E-state index >= 15 is 0 Å². The fourth-order valence-corrected chi connectivity index (χ4v) is 2.26. The summed E-state index contributed by atoms with van der Waals surface area (Å²) in [4.78, 5) is 14.0. The van der Waals surface area contributed by atoms with Crippen molar-refractivity contribution < 1.29 is 4.79 Å². The SMILES string of the molecule is CC(C)(C)NC(=O)CN1CCc2ccc(N)cc21. The topological polar surface area (TPSA) is 58.4 Å². The lowest BCUT2D eigenvalue weighted by Crippen LogP contribution is -2.45. The predicted octanol–water partition coefficient (Wildman–Crippen LogP) is 1.55. The molecule has 0 saturated heterocycles. The molecule has 0 aliphatic carbocycles. The Morgan fingerprint density at radius 2 is 2.17 bits per heavy atom. The van der Waals surface area contributed by atoms with Gasteiger partial charge in [-0.05, 0) is 44.9 Å². The van der Waals surface area contributed by atoms with Crippen molar-refractivity contribution >= 4 is 17.3 Å². The Bertz CT molecular complexity index is 463. The fraction of sp³-hybridized carbons (Fsp3) is 0.500. The van der Waals surface area contributed by atoms with Crippen LogP contribution in [0.5, 0.6) is 0 Å². The smallest absolute Gasteiger partial charge is 0.239 e. The van der Waals surface area contributed by atoms with E-state index in [-0.39, 0.29) is 11.4 Å². The van der Waals surface area contributed by atoms with Crippen LogP contribution >= 0.6 is 0 Å². The van der Waals surface area contributed by atoms with Gasteiger partial charge in [0, 0.05) is 23.5 Å². The van der Waals surface area contributed by atoms with Crippen molar-refractivity contribution in [1.29, 1.82) is 0 Å². The zero-order chi connectivity index (χ0) is 13.3. The molecule has 4 nitrogen and oxygen atoms in total. The quantitative estimate of drug-likeness (QED) is 0.779. The van der Waals surface area contributed by atoms with E-state index in [1.54, 1.807) is 0 Å². The Morgan fingerprint density at radius 1 is 1.44 bits per heavy atom. The highest BCUT2D eigenvalue weighted by Gasteiger charge is 2.22. The molecule has 2 rings (SSSR count). The van der Waals surface area contributed by atoms with E-state index in [2.05, 4.69) is 10.2 Å². The Kier molecular flexibility index (Phi) is 3.20. The van der Waals surface area contributed by atoms with Crippen LogP contribution in [0.25, 0.3) is 0 Å². The fourth-order valence-electron chi connectivity index (χ4n) is 2.26. The maximum Gasteiger partial charge on any atom is 0.239 e. The molecule has 0 saturated carbocycles. The lowest BCUT2D eigenvalue weighted by atomic mass is 10.1. The minimum Gasteiger partial charge on any atom is -0.399 e. The highest BCUT2D eigenvalue weighted by molar-refractivity contribution is 5.83. The molecule has 0 unspecified atom stereocenters. The standard InChI is InChI=1S/C14H21N3O/c1-14(2,3)16-13(18)9-17-7-6-10-4-5-11(15)8-12(10)17/h4-5,8H,6-7,9,15H2,1-3H3,(H,16,18). The van der Waals surface area contributed by atoms with E-state index in [1.165, 1.54) is 5.56 Å². The second-order valence-electron chi connectivity index (χ2n) is 5.86. The summed E-state index contributed by atoms with van der Waals surface area (Å²) in [6, 6.07) is 5.91. The number of nitrogen functional groups attached to an aromatic ring is 1. The van der Waals surface area contributed by atoms with Crippen LogP contribution in [0.4, 0.5) is 11.4 Å². The number of rotatable bonds is 2. The maximum atomic E-state index is 11.9. The molecular weight excluding hydrogens is 226 g/mol. The van der Waals surface area contributed by atoms with Gasteiger partial charge in [-0.15, -0.1) is 0 Å². The third kappa shape index (κ3) is 2.94. The molecule has 1 heterocycles. The number of benzene rings is 1. The molecule has 0 aromatic heterocycles. The van der Waals surface area contributed by atoms with Gasteiger partial charge >= 0.3 is 0 Å². The first-order chi connectivity index (χ1) is 8.35. The maximum absolute atomic E-state index is 11.9. The Labute approximate surface area is 108 Å². The second-order valence-corrected chi connectivity index (χ2v) is 5.86. The van der Waals surface area contributed by atoms with Crippen LogP contribution in [0.3, 0.4) is 0 Å². The molecule has 1 aliphatic rings. The first-order valence-corrected chi connectivity index (χ1v) is 6.29. The second kappa shape index (κ2) is 4.52. The van der Waals surface area contributed by atoms with E-state index in [0.717, 1.165) is 24.3 Å². The Hall–Kier alpha value is -1.71. The van der Waals surface area contributed by atoms with Gasteiger partial charge in [-0.1, -0.05) is 6.07 Å². The third-order valence-corrected chi connectivity index (χ3v) is 2.95. The summed E-state index contributed by atoms with van der Waals surface area (Å²) in [5, 5.41) is 2.98. The van der Waals surface area contributed by atoms with Gasteiger partial charge in [0.25, 0.3) is 0 Å². The minimum absolute atomic E-state index is 0.0535. The summed E-state index contributed by atoms with van der Waals surface area (Å²) >= 11 is 0. The summed E-state index contributed by atoms with van der Waals surface area (Å²) in [6.07, 6.45) is 0.985. The van der Waals surface area contributed by atoms with Crippen LogP contribution in [0.15, 0.2) is 18.2 Å². The number of fused-ring (bicyclic) bond motifs is 1. The van der Waals surface area contributed by atoms with Crippen LogP contribution in [-0.4, -0.2) is 24.5 Å². The Morgan fingerprint density at radius 3 is 2.83 bits per heavy atom. The van der Waals surface area contributed by atoms with E-state index in [1.807, 2.05) is 39.0 Å².